The van der Waals surface area contributed by atoms with Crippen LogP contribution in [0.5, 0.6) is 5.75 Å². The van der Waals surface area contributed by atoms with Crippen molar-refractivity contribution < 1.29 is 14.3 Å². The second-order valence-corrected chi connectivity index (χ2v) is 5.46. The van der Waals surface area contributed by atoms with Crippen LogP contribution in [-0.4, -0.2) is 25.7 Å². The molecule has 0 saturated heterocycles. The Morgan fingerprint density at radius 3 is 2.68 bits per heavy atom. The largest absolute Gasteiger partial charge is 0.491 e. The fourth-order valence-corrected chi connectivity index (χ4v) is 2.25. The summed E-state index contributed by atoms with van der Waals surface area (Å²) >= 11 is 0. The standard InChI is InChI=1S/C19H24N2O3.ClH/c1-3-23-9-10-24-18-11-14(2)7-8-16(18)13-21-19(22)15-5-4-6-17(20)12-15;/h4-8,11-12H,3,9-10,13,20H2,1-2H3,(H,21,22);1H. The molecule has 0 aliphatic heterocycles. The number of halogens is 1. The van der Waals surface area contributed by atoms with E-state index in [0.717, 1.165) is 16.9 Å². The Hall–Kier alpha value is -2.24. The number of carbonyl (C=O) groups is 1. The Morgan fingerprint density at radius 2 is 1.96 bits per heavy atom. The number of hydrogen-bond donors (Lipinski definition) is 2. The number of amides is 1. The van der Waals surface area contributed by atoms with Gasteiger partial charge in [0.1, 0.15) is 12.4 Å². The van der Waals surface area contributed by atoms with Crippen LogP contribution >= 0.6 is 12.4 Å². The summed E-state index contributed by atoms with van der Waals surface area (Å²) in [4.78, 5) is 12.2. The smallest absolute Gasteiger partial charge is 0.251 e. The Labute approximate surface area is 154 Å². The van der Waals surface area contributed by atoms with E-state index in [1.807, 2.05) is 32.0 Å². The van der Waals surface area contributed by atoms with E-state index >= 15 is 0 Å². The Bertz CT molecular complexity index is 692. The van der Waals surface area contributed by atoms with Crippen molar-refractivity contribution >= 4 is 24.0 Å². The van der Waals surface area contributed by atoms with E-state index in [1.165, 1.54) is 0 Å². The van der Waals surface area contributed by atoms with Crippen molar-refractivity contribution in [3.63, 3.8) is 0 Å². The van der Waals surface area contributed by atoms with E-state index in [1.54, 1.807) is 24.3 Å². The van der Waals surface area contributed by atoms with Gasteiger partial charge in [-0.1, -0.05) is 18.2 Å². The molecule has 0 aliphatic rings. The zero-order valence-corrected chi connectivity index (χ0v) is 15.4. The van der Waals surface area contributed by atoms with Crippen LogP contribution in [0, 0.1) is 6.92 Å². The molecule has 0 fully saturated rings. The molecular formula is C19H25ClN2O3. The lowest BCUT2D eigenvalue weighted by Gasteiger charge is -2.13. The van der Waals surface area contributed by atoms with Crippen LogP contribution in [0.4, 0.5) is 5.69 Å². The predicted octanol–water partition coefficient (Wildman–Crippen LogP) is 3.34. The molecular weight excluding hydrogens is 340 g/mol. The number of ether oxygens (including phenoxy) is 2. The molecule has 25 heavy (non-hydrogen) atoms. The fourth-order valence-electron chi connectivity index (χ4n) is 2.25. The van der Waals surface area contributed by atoms with Gasteiger partial charge in [-0.3, -0.25) is 4.79 Å². The van der Waals surface area contributed by atoms with Gasteiger partial charge in [-0.05, 0) is 43.7 Å². The first-order chi connectivity index (χ1) is 11.6. The van der Waals surface area contributed by atoms with Gasteiger partial charge in [0.25, 0.3) is 5.91 Å². The lowest BCUT2D eigenvalue weighted by Crippen LogP contribution is -2.23. The van der Waals surface area contributed by atoms with Gasteiger partial charge in [-0.15, -0.1) is 12.4 Å². The number of anilines is 1. The van der Waals surface area contributed by atoms with Crippen molar-refractivity contribution in [1.29, 1.82) is 0 Å². The highest BCUT2D eigenvalue weighted by atomic mass is 35.5. The number of aryl methyl sites for hydroxylation is 1. The van der Waals surface area contributed by atoms with Crippen LogP contribution in [0.25, 0.3) is 0 Å². The van der Waals surface area contributed by atoms with Gasteiger partial charge >= 0.3 is 0 Å². The quantitative estimate of drug-likeness (QED) is 0.556. The molecule has 2 aromatic carbocycles. The summed E-state index contributed by atoms with van der Waals surface area (Å²) in [7, 11) is 0. The first kappa shape index (κ1) is 20.8. The number of rotatable bonds is 8. The average Bonchev–Trinajstić information content (AvgIpc) is 2.57. The Morgan fingerprint density at radius 1 is 1.16 bits per heavy atom. The lowest BCUT2D eigenvalue weighted by molar-refractivity contribution is 0.0949. The normalized spacial score (nSPS) is 10.0. The first-order valence-corrected chi connectivity index (χ1v) is 8.04. The molecule has 0 heterocycles. The van der Waals surface area contributed by atoms with Gasteiger partial charge in [0, 0.05) is 30.0 Å². The second-order valence-electron chi connectivity index (χ2n) is 5.46. The third-order valence-electron chi connectivity index (χ3n) is 3.50. The number of carbonyl (C=O) groups excluding carboxylic acids is 1. The van der Waals surface area contributed by atoms with Crippen LogP contribution in [0.1, 0.15) is 28.4 Å². The number of nitrogens with two attached hydrogens (primary N) is 1. The van der Waals surface area contributed by atoms with E-state index in [0.29, 0.717) is 37.6 Å². The predicted molar refractivity (Wildman–Crippen MR) is 102 cm³/mol. The monoisotopic (exact) mass is 364 g/mol. The zero-order valence-electron chi connectivity index (χ0n) is 14.6. The van der Waals surface area contributed by atoms with Crippen molar-refractivity contribution in [2.24, 2.45) is 0 Å². The molecule has 0 atom stereocenters. The Kier molecular flexibility index (Phi) is 8.81. The molecule has 6 heteroatoms. The highest BCUT2D eigenvalue weighted by Gasteiger charge is 2.09. The van der Waals surface area contributed by atoms with Gasteiger partial charge < -0.3 is 20.5 Å². The lowest BCUT2D eigenvalue weighted by atomic mass is 10.1. The highest BCUT2D eigenvalue weighted by Crippen LogP contribution is 2.20. The molecule has 0 unspecified atom stereocenters. The topological polar surface area (TPSA) is 73.6 Å². The summed E-state index contributed by atoms with van der Waals surface area (Å²) in [6, 6.07) is 12.8. The van der Waals surface area contributed by atoms with Crippen LogP contribution in [0.3, 0.4) is 0 Å². The van der Waals surface area contributed by atoms with Crippen molar-refractivity contribution in [1.82, 2.24) is 5.32 Å². The number of nitrogen functional groups attached to an aromatic ring is 1. The number of nitrogens with one attached hydrogen (secondary N) is 1. The van der Waals surface area contributed by atoms with Gasteiger partial charge in [0.2, 0.25) is 0 Å². The van der Waals surface area contributed by atoms with Crippen molar-refractivity contribution in [2.75, 3.05) is 25.6 Å². The molecule has 0 aliphatic carbocycles. The molecule has 136 valence electrons. The van der Waals surface area contributed by atoms with Crippen LogP contribution in [-0.2, 0) is 11.3 Å². The SMILES string of the molecule is CCOCCOc1cc(C)ccc1CNC(=O)c1cccc(N)c1.Cl. The molecule has 2 aromatic rings. The molecule has 3 N–H and O–H groups in total. The van der Waals surface area contributed by atoms with Crippen LogP contribution in [0.2, 0.25) is 0 Å². The average molecular weight is 365 g/mol. The summed E-state index contributed by atoms with van der Waals surface area (Å²) in [5.41, 5.74) is 8.85. The summed E-state index contributed by atoms with van der Waals surface area (Å²) in [6.45, 7) is 6.03. The summed E-state index contributed by atoms with van der Waals surface area (Å²) < 4.78 is 11.1. The van der Waals surface area contributed by atoms with Crippen LogP contribution < -0.4 is 15.8 Å². The minimum Gasteiger partial charge on any atom is -0.491 e. The maximum Gasteiger partial charge on any atom is 0.251 e. The molecule has 0 bridgehead atoms. The van der Waals surface area contributed by atoms with Crippen molar-refractivity contribution in [3.8, 4) is 5.75 Å². The van der Waals surface area contributed by atoms with E-state index in [-0.39, 0.29) is 18.3 Å². The maximum atomic E-state index is 12.2. The maximum absolute atomic E-state index is 12.2. The summed E-state index contributed by atoms with van der Waals surface area (Å²) in [5.74, 6) is 0.603. The fraction of sp³-hybridized carbons (Fsp3) is 0.316. The molecule has 1 amide bonds. The van der Waals surface area contributed by atoms with Gasteiger partial charge in [-0.25, -0.2) is 0 Å². The highest BCUT2D eigenvalue weighted by molar-refractivity contribution is 5.94. The Balaban J connectivity index is 0.00000312. The number of benzene rings is 2. The zero-order chi connectivity index (χ0) is 17.4. The summed E-state index contributed by atoms with van der Waals surface area (Å²) in [5, 5.41) is 2.90. The number of hydrogen-bond acceptors (Lipinski definition) is 4. The molecule has 5 nitrogen and oxygen atoms in total. The molecule has 0 spiro atoms. The molecule has 0 saturated carbocycles. The van der Waals surface area contributed by atoms with Gasteiger partial charge in [0.15, 0.2) is 0 Å². The summed E-state index contributed by atoms with van der Waals surface area (Å²) in [6.07, 6.45) is 0. The minimum atomic E-state index is -0.164. The molecule has 0 radical (unpaired) electrons. The van der Waals surface area contributed by atoms with E-state index in [4.69, 9.17) is 15.2 Å². The van der Waals surface area contributed by atoms with Crippen molar-refractivity contribution in [3.05, 3.63) is 59.2 Å². The molecule has 2 rings (SSSR count). The minimum absolute atomic E-state index is 0. The van der Waals surface area contributed by atoms with Gasteiger partial charge in [0.05, 0.1) is 6.61 Å². The molecule has 0 aromatic heterocycles. The third kappa shape index (κ3) is 6.64. The van der Waals surface area contributed by atoms with E-state index in [9.17, 15) is 4.79 Å². The van der Waals surface area contributed by atoms with Crippen LogP contribution in [0.15, 0.2) is 42.5 Å². The van der Waals surface area contributed by atoms with E-state index < -0.39 is 0 Å². The van der Waals surface area contributed by atoms with Crippen molar-refractivity contribution in [2.45, 2.75) is 20.4 Å². The van der Waals surface area contributed by atoms with E-state index in [2.05, 4.69) is 5.32 Å². The second kappa shape index (κ2) is 10.6. The third-order valence-corrected chi connectivity index (χ3v) is 3.50. The van der Waals surface area contributed by atoms with Gasteiger partial charge in [-0.2, -0.15) is 0 Å². The first-order valence-electron chi connectivity index (χ1n) is 8.04.